The van der Waals surface area contributed by atoms with Gasteiger partial charge in [0.2, 0.25) is 5.82 Å². The lowest BCUT2D eigenvalue weighted by atomic mass is 10.0. The Labute approximate surface area is 140 Å². The minimum absolute atomic E-state index is 0.0193. The highest BCUT2D eigenvalue weighted by Gasteiger charge is 2.30. The van der Waals surface area contributed by atoms with Crippen molar-refractivity contribution in [1.82, 2.24) is 9.97 Å². The highest BCUT2D eigenvalue weighted by Crippen LogP contribution is 2.37. The minimum Gasteiger partial charge on any atom is -0.434 e. The summed E-state index contributed by atoms with van der Waals surface area (Å²) >= 11 is 0. The van der Waals surface area contributed by atoms with Crippen molar-refractivity contribution in [2.24, 2.45) is 0 Å². The molecule has 126 valence electrons. The van der Waals surface area contributed by atoms with E-state index in [0.717, 1.165) is 25.9 Å². The normalized spacial score (nSPS) is 14.2. The molecule has 0 saturated carbocycles. The summed E-state index contributed by atoms with van der Waals surface area (Å²) in [5.41, 5.74) is 1.00. The van der Waals surface area contributed by atoms with Crippen LogP contribution >= 0.6 is 0 Å². The van der Waals surface area contributed by atoms with Gasteiger partial charge in [-0.2, -0.15) is 4.98 Å². The molecule has 2 heterocycles. The molecule has 3 rings (SSSR count). The Morgan fingerprint density at radius 3 is 2.42 bits per heavy atom. The fourth-order valence-electron chi connectivity index (χ4n) is 2.78. The van der Waals surface area contributed by atoms with E-state index in [4.69, 9.17) is 4.74 Å². The van der Waals surface area contributed by atoms with Gasteiger partial charge in [0.05, 0.1) is 4.92 Å². The Morgan fingerprint density at radius 2 is 1.83 bits per heavy atom. The van der Waals surface area contributed by atoms with Crippen LogP contribution in [0.2, 0.25) is 0 Å². The first-order valence-corrected chi connectivity index (χ1v) is 8.08. The molecule has 0 amide bonds. The van der Waals surface area contributed by atoms with Crippen LogP contribution in [0.3, 0.4) is 0 Å². The molecule has 1 aromatic carbocycles. The summed E-state index contributed by atoms with van der Waals surface area (Å²) in [6.45, 7) is 5.74. The van der Waals surface area contributed by atoms with Crippen molar-refractivity contribution in [3.63, 3.8) is 0 Å². The van der Waals surface area contributed by atoms with Crippen LogP contribution in [0, 0.1) is 10.1 Å². The summed E-state index contributed by atoms with van der Waals surface area (Å²) in [4.78, 5) is 21.1. The van der Waals surface area contributed by atoms with E-state index in [9.17, 15) is 10.1 Å². The van der Waals surface area contributed by atoms with Crippen LogP contribution in [0.1, 0.15) is 38.2 Å². The molecule has 0 aliphatic carbocycles. The molecule has 7 nitrogen and oxygen atoms in total. The van der Waals surface area contributed by atoms with Crippen molar-refractivity contribution in [1.29, 1.82) is 0 Å². The van der Waals surface area contributed by atoms with Crippen LogP contribution in [0.25, 0.3) is 0 Å². The summed E-state index contributed by atoms with van der Waals surface area (Å²) in [5, 5.41) is 11.6. The molecule has 0 spiro atoms. The quantitative estimate of drug-likeness (QED) is 0.611. The first-order chi connectivity index (χ1) is 11.6. The number of hydrogen-bond donors (Lipinski definition) is 0. The molecule has 1 saturated heterocycles. The highest BCUT2D eigenvalue weighted by atomic mass is 16.6. The second-order valence-corrected chi connectivity index (χ2v) is 6.13. The lowest BCUT2D eigenvalue weighted by Crippen LogP contribution is -2.20. The molecule has 0 radical (unpaired) electrons. The monoisotopic (exact) mass is 328 g/mol. The second kappa shape index (κ2) is 6.82. The number of hydrogen-bond acceptors (Lipinski definition) is 6. The van der Waals surface area contributed by atoms with Gasteiger partial charge in [-0.1, -0.05) is 26.0 Å². The van der Waals surface area contributed by atoms with E-state index in [1.165, 1.54) is 11.9 Å². The summed E-state index contributed by atoms with van der Waals surface area (Å²) < 4.78 is 5.69. The molecular formula is C17H20N4O3. The maximum absolute atomic E-state index is 11.6. The van der Waals surface area contributed by atoms with Crippen LogP contribution in [0.4, 0.5) is 11.5 Å². The fourth-order valence-corrected chi connectivity index (χ4v) is 2.78. The van der Waals surface area contributed by atoms with Crippen LogP contribution in [0.5, 0.6) is 11.6 Å². The molecule has 7 heteroatoms. The molecule has 1 fully saturated rings. The fraction of sp³-hybridized carbons (Fsp3) is 0.412. The minimum atomic E-state index is -0.467. The van der Waals surface area contributed by atoms with Gasteiger partial charge in [0.1, 0.15) is 12.1 Å². The Morgan fingerprint density at radius 1 is 1.17 bits per heavy atom. The van der Waals surface area contributed by atoms with Crippen molar-refractivity contribution in [3.05, 3.63) is 46.3 Å². The first kappa shape index (κ1) is 16.2. The topological polar surface area (TPSA) is 81.4 Å². The molecular weight excluding hydrogens is 308 g/mol. The van der Waals surface area contributed by atoms with Gasteiger partial charge in [-0.3, -0.25) is 10.1 Å². The van der Waals surface area contributed by atoms with Crippen LogP contribution < -0.4 is 9.64 Å². The van der Waals surface area contributed by atoms with Crippen molar-refractivity contribution < 1.29 is 9.66 Å². The second-order valence-electron chi connectivity index (χ2n) is 6.13. The maximum atomic E-state index is 11.6. The third-order valence-electron chi connectivity index (χ3n) is 4.12. The lowest BCUT2D eigenvalue weighted by Gasteiger charge is -2.16. The van der Waals surface area contributed by atoms with E-state index in [-0.39, 0.29) is 11.6 Å². The zero-order valence-electron chi connectivity index (χ0n) is 13.8. The number of aromatic nitrogens is 2. The van der Waals surface area contributed by atoms with Gasteiger partial charge < -0.3 is 9.64 Å². The largest absolute Gasteiger partial charge is 0.434 e. The van der Waals surface area contributed by atoms with E-state index < -0.39 is 4.92 Å². The summed E-state index contributed by atoms with van der Waals surface area (Å²) in [6.07, 6.45) is 3.33. The van der Waals surface area contributed by atoms with Gasteiger partial charge in [0, 0.05) is 13.1 Å². The third-order valence-corrected chi connectivity index (χ3v) is 4.12. The van der Waals surface area contributed by atoms with Crippen molar-refractivity contribution >= 4 is 11.5 Å². The molecule has 0 N–H and O–H groups in total. The van der Waals surface area contributed by atoms with Gasteiger partial charge in [-0.25, -0.2) is 4.98 Å². The SMILES string of the molecule is CC(C)c1ccc(Oc2ncnc(N3CCCC3)c2[N+](=O)[O-])cc1. The Balaban J connectivity index is 1.92. The van der Waals surface area contributed by atoms with Crippen molar-refractivity contribution in [2.45, 2.75) is 32.6 Å². The third kappa shape index (κ3) is 3.29. The van der Waals surface area contributed by atoms with E-state index in [1.54, 1.807) is 12.1 Å². The number of nitrogens with zero attached hydrogens (tertiary/aromatic N) is 4. The molecule has 1 aliphatic heterocycles. The molecule has 1 aromatic heterocycles. The Kier molecular flexibility index (Phi) is 4.59. The van der Waals surface area contributed by atoms with Gasteiger partial charge in [-0.05, 0) is 36.5 Å². The predicted octanol–water partition coefficient (Wildman–Crippen LogP) is 3.90. The summed E-state index contributed by atoms with van der Waals surface area (Å²) in [7, 11) is 0. The zero-order chi connectivity index (χ0) is 17.1. The molecule has 2 aromatic rings. The lowest BCUT2D eigenvalue weighted by molar-refractivity contribution is -0.385. The molecule has 0 bridgehead atoms. The van der Waals surface area contributed by atoms with Crippen LogP contribution in [-0.2, 0) is 0 Å². The molecule has 24 heavy (non-hydrogen) atoms. The van der Waals surface area contributed by atoms with E-state index in [1.807, 2.05) is 17.0 Å². The van der Waals surface area contributed by atoms with Crippen molar-refractivity contribution in [2.75, 3.05) is 18.0 Å². The summed E-state index contributed by atoms with van der Waals surface area (Å²) in [6, 6.07) is 7.51. The van der Waals surface area contributed by atoms with Gasteiger partial charge in [0.15, 0.2) is 0 Å². The van der Waals surface area contributed by atoms with Crippen LogP contribution in [-0.4, -0.2) is 28.0 Å². The van der Waals surface area contributed by atoms with Crippen molar-refractivity contribution in [3.8, 4) is 11.6 Å². The highest BCUT2D eigenvalue weighted by molar-refractivity contribution is 5.63. The maximum Gasteiger partial charge on any atom is 0.373 e. The van der Waals surface area contributed by atoms with E-state index in [0.29, 0.717) is 17.5 Å². The average molecular weight is 328 g/mol. The number of rotatable bonds is 5. The van der Waals surface area contributed by atoms with Gasteiger partial charge in [-0.15, -0.1) is 0 Å². The number of anilines is 1. The molecule has 0 atom stereocenters. The Bertz CT molecular complexity index is 725. The predicted molar refractivity (Wildman–Crippen MR) is 90.7 cm³/mol. The number of benzene rings is 1. The number of ether oxygens (including phenoxy) is 1. The van der Waals surface area contributed by atoms with E-state index >= 15 is 0 Å². The number of nitro groups is 1. The smallest absolute Gasteiger partial charge is 0.373 e. The molecule has 0 unspecified atom stereocenters. The first-order valence-electron chi connectivity index (χ1n) is 8.08. The van der Waals surface area contributed by atoms with E-state index in [2.05, 4.69) is 23.8 Å². The molecule has 1 aliphatic rings. The Hall–Kier alpha value is -2.70. The van der Waals surface area contributed by atoms with Gasteiger partial charge >= 0.3 is 11.6 Å². The summed E-state index contributed by atoms with van der Waals surface area (Å²) in [5.74, 6) is 1.25. The zero-order valence-corrected chi connectivity index (χ0v) is 13.8. The van der Waals surface area contributed by atoms with Gasteiger partial charge in [0.25, 0.3) is 0 Å². The average Bonchev–Trinajstić information content (AvgIpc) is 3.09. The van der Waals surface area contributed by atoms with Crippen LogP contribution in [0.15, 0.2) is 30.6 Å². The standard InChI is InChI=1S/C17H20N4O3/c1-12(2)13-5-7-14(8-6-13)24-17-15(21(22)23)16(18-11-19-17)20-9-3-4-10-20/h5-8,11-12H,3-4,9-10H2,1-2H3.